The highest BCUT2D eigenvalue weighted by molar-refractivity contribution is 5.94. The number of aryl methyl sites for hydroxylation is 2. The van der Waals surface area contributed by atoms with E-state index in [1.165, 1.54) is 0 Å². The number of carbonyl (C=O) groups excluding carboxylic acids is 3. The summed E-state index contributed by atoms with van der Waals surface area (Å²) in [4.78, 5) is 39.6. The van der Waals surface area contributed by atoms with Crippen LogP contribution in [0.5, 0.6) is 0 Å². The van der Waals surface area contributed by atoms with Crippen LogP contribution in [0.2, 0.25) is 0 Å². The van der Waals surface area contributed by atoms with Gasteiger partial charge in [0.05, 0.1) is 13.1 Å². The van der Waals surface area contributed by atoms with Crippen LogP contribution in [0.1, 0.15) is 30.4 Å². The van der Waals surface area contributed by atoms with Crippen molar-refractivity contribution in [2.24, 2.45) is 5.73 Å². The molecule has 1 aliphatic heterocycles. The highest BCUT2D eigenvalue weighted by Crippen LogP contribution is 2.19. The third-order valence-corrected chi connectivity index (χ3v) is 4.72. The van der Waals surface area contributed by atoms with Gasteiger partial charge in [0.25, 0.3) is 0 Å². The summed E-state index contributed by atoms with van der Waals surface area (Å²) < 4.78 is 0. The van der Waals surface area contributed by atoms with E-state index in [-0.39, 0.29) is 24.9 Å². The second-order valence-corrected chi connectivity index (χ2v) is 6.99. The minimum absolute atomic E-state index is 0.0734. The smallest absolute Gasteiger partial charge is 0.240 e. The summed E-state index contributed by atoms with van der Waals surface area (Å²) in [6.07, 6.45) is 2.37. The fourth-order valence-electron chi connectivity index (χ4n) is 3.34. The van der Waals surface area contributed by atoms with Gasteiger partial charge < -0.3 is 16.0 Å². The fraction of sp³-hybridized carbons (Fsp3) is 0.526. The summed E-state index contributed by atoms with van der Waals surface area (Å²) in [6.45, 7) is 4.58. The number of hydrogen-bond acceptors (Lipinski definition) is 4. The van der Waals surface area contributed by atoms with Gasteiger partial charge in [0, 0.05) is 12.2 Å². The van der Waals surface area contributed by atoms with Crippen LogP contribution in [0.4, 0.5) is 5.69 Å². The van der Waals surface area contributed by atoms with Gasteiger partial charge in [-0.25, -0.2) is 0 Å². The molecule has 0 saturated carbocycles. The predicted octanol–water partition coefficient (Wildman–Crippen LogP) is 1.04. The van der Waals surface area contributed by atoms with Crippen molar-refractivity contribution in [3.05, 3.63) is 29.3 Å². The number of nitrogens with two attached hydrogens (primary N) is 1. The van der Waals surface area contributed by atoms with Crippen molar-refractivity contribution in [2.45, 2.75) is 39.2 Å². The SMILES string of the molecule is Cc1cccc(C)c1NC(=O)CN(C)CC(=O)N1CCCC[C@H]1C(N)=O. The lowest BCUT2D eigenvalue weighted by Crippen LogP contribution is -2.53. The van der Waals surface area contributed by atoms with Gasteiger partial charge in [-0.15, -0.1) is 0 Å². The Morgan fingerprint density at radius 2 is 1.85 bits per heavy atom. The number of anilines is 1. The topological polar surface area (TPSA) is 95.7 Å². The maximum Gasteiger partial charge on any atom is 0.240 e. The fourth-order valence-corrected chi connectivity index (χ4v) is 3.34. The molecule has 7 nitrogen and oxygen atoms in total. The Morgan fingerprint density at radius 3 is 2.46 bits per heavy atom. The molecule has 1 saturated heterocycles. The zero-order valence-electron chi connectivity index (χ0n) is 15.7. The van der Waals surface area contributed by atoms with E-state index in [2.05, 4.69) is 5.32 Å². The predicted molar refractivity (Wildman–Crippen MR) is 101 cm³/mol. The molecule has 3 N–H and O–H groups in total. The second kappa shape index (κ2) is 8.80. The van der Waals surface area contributed by atoms with E-state index in [1.54, 1.807) is 16.8 Å². The molecule has 142 valence electrons. The average Bonchev–Trinajstić information content (AvgIpc) is 2.58. The number of benzene rings is 1. The number of nitrogens with one attached hydrogen (secondary N) is 1. The Kier molecular flexibility index (Phi) is 6.74. The lowest BCUT2D eigenvalue weighted by atomic mass is 10.0. The quantitative estimate of drug-likeness (QED) is 0.792. The lowest BCUT2D eigenvalue weighted by molar-refractivity contribution is -0.141. The minimum atomic E-state index is -0.534. The molecule has 1 fully saturated rings. The maximum atomic E-state index is 12.5. The molecular formula is C19H28N4O3. The summed E-state index contributed by atoms with van der Waals surface area (Å²) in [7, 11) is 1.71. The first-order chi connectivity index (χ1) is 12.3. The first-order valence-electron chi connectivity index (χ1n) is 8.93. The van der Waals surface area contributed by atoms with Crippen molar-refractivity contribution < 1.29 is 14.4 Å². The molecule has 0 bridgehead atoms. The molecule has 7 heteroatoms. The summed E-state index contributed by atoms with van der Waals surface area (Å²) >= 11 is 0. The standard InChI is InChI=1S/C19H28N4O3/c1-13-7-6-8-14(2)18(13)21-16(24)11-22(3)12-17(25)23-10-5-4-9-15(23)19(20)26/h6-8,15H,4-5,9-12H2,1-3H3,(H2,20,26)(H,21,24)/t15-/m0/s1. The van der Waals surface area contributed by atoms with Gasteiger partial charge in [0.15, 0.2) is 0 Å². The van der Waals surface area contributed by atoms with Crippen molar-refractivity contribution in [3.63, 3.8) is 0 Å². The number of likely N-dealkylation sites (tertiary alicyclic amines) is 1. The van der Waals surface area contributed by atoms with E-state index in [0.29, 0.717) is 13.0 Å². The van der Waals surface area contributed by atoms with Crippen molar-refractivity contribution in [1.29, 1.82) is 0 Å². The zero-order valence-corrected chi connectivity index (χ0v) is 15.7. The Labute approximate surface area is 154 Å². The molecule has 0 aromatic heterocycles. The number of rotatable bonds is 6. The molecule has 1 heterocycles. The number of primary amides is 1. The molecule has 1 aromatic carbocycles. The number of amides is 3. The number of para-hydroxylation sites is 1. The van der Waals surface area contributed by atoms with Gasteiger partial charge >= 0.3 is 0 Å². The van der Waals surface area contributed by atoms with Crippen LogP contribution in [0.3, 0.4) is 0 Å². The maximum absolute atomic E-state index is 12.5. The molecule has 3 amide bonds. The van der Waals surface area contributed by atoms with Crippen LogP contribution in [-0.4, -0.2) is 60.2 Å². The summed E-state index contributed by atoms with van der Waals surface area (Å²) in [5.74, 6) is -0.813. The minimum Gasteiger partial charge on any atom is -0.368 e. The van der Waals surface area contributed by atoms with Crippen molar-refractivity contribution in [1.82, 2.24) is 9.80 Å². The lowest BCUT2D eigenvalue weighted by Gasteiger charge is -2.34. The summed E-state index contributed by atoms with van der Waals surface area (Å²) in [5.41, 5.74) is 8.21. The molecule has 1 aromatic rings. The Bertz CT molecular complexity index is 669. The van der Waals surface area contributed by atoms with Crippen molar-refractivity contribution >= 4 is 23.4 Å². The summed E-state index contributed by atoms with van der Waals surface area (Å²) in [6, 6.07) is 5.29. The second-order valence-electron chi connectivity index (χ2n) is 6.99. The van der Waals surface area contributed by atoms with Crippen LogP contribution < -0.4 is 11.1 Å². The third-order valence-electron chi connectivity index (χ3n) is 4.72. The largest absolute Gasteiger partial charge is 0.368 e. The molecule has 0 radical (unpaired) electrons. The van der Waals surface area contributed by atoms with Crippen LogP contribution in [0, 0.1) is 13.8 Å². The van der Waals surface area contributed by atoms with Crippen LogP contribution in [0.15, 0.2) is 18.2 Å². The highest BCUT2D eigenvalue weighted by Gasteiger charge is 2.31. The molecular weight excluding hydrogens is 332 g/mol. The van der Waals surface area contributed by atoms with Crippen LogP contribution >= 0.6 is 0 Å². The summed E-state index contributed by atoms with van der Waals surface area (Å²) in [5, 5.41) is 2.91. The zero-order chi connectivity index (χ0) is 19.3. The van der Waals surface area contributed by atoms with Gasteiger partial charge in [0.2, 0.25) is 17.7 Å². The van der Waals surface area contributed by atoms with Gasteiger partial charge in [-0.2, -0.15) is 0 Å². The van der Waals surface area contributed by atoms with E-state index >= 15 is 0 Å². The molecule has 0 spiro atoms. The number of carbonyl (C=O) groups is 3. The monoisotopic (exact) mass is 360 g/mol. The first kappa shape index (κ1) is 19.9. The third kappa shape index (κ3) is 5.05. The average molecular weight is 360 g/mol. The van der Waals surface area contributed by atoms with E-state index in [4.69, 9.17) is 5.73 Å². The van der Waals surface area contributed by atoms with Gasteiger partial charge in [-0.05, 0) is 51.3 Å². The number of nitrogens with zero attached hydrogens (tertiary/aromatic N) is 2. The van der Waals surface area contributed by atoms with Gasteiger partial charge in [-0.1, -0.05) is 18.2 Å². The van der Waals surface area contributed by atoms with Gasteiger partial charge in [-0.3, -0.25) is 19.3 Å². The normalized spacial score (nSPS) is 17.2. The van der Waals surface area contributed by atoms with Crippen molar-refractivity contribution in [2.75, 3.05) is 32.0 Å². The van der Waals surface area contributed by atoms with Crippen molar-refractivity contribution in [3.8, 4) is 0 Å². The number of likely N-dealkylation sites (N-methyl/N-ethyl adjacent to an activating group) is 1. The first-order valence-corrected chi connectivity index (χ1v) is 8.93. The van der Waals surface area contributed by atoms with Crippen LogP contribution in [-0.2, 0) is 14.4 Å². The van der Waals surface area contributed by atoms with Gasteiger partial charge in [0.1, 0.15) is 6.04 Å². The van der Waals surface area contributed by atoms with Crippen LogP contribution in [0.25, 0.3) is 0 Å². The molecule has 0 aliphatic carbocycles. The number of piperidine rings is 1. The van der Waals surface area contributed by atoms with E-state index < -0.39 is 11.9 Å². The Hall–Kier alpha value is -2.41. The Balaban J connectivity index is 1.91. The molecule has 0 unspecified atom stereocenters. The molecule has 26 heavy (non-hydrogen) atoms. The molecule has 2 rings (SSSR count). The number of hydrogen-bond donors (Lipinski definition) is 2. The van der Waals surface area contributed by atoms with E-state index in [9.17, 15) is 14.4 Å². The van der Waals surface area contributed by atoms with E-state index in [0.717, 1.165) is 29.7 Å². The Morgan fingerprint density at radius 1 is 1.19 bits per heavy atom. The highest BCUT2D eigenvalue weighted by atomic mass is 16.2. The van der Waals surface area contributed by atoms with E-state index in [1.807, 2.05) is 32.0 Å². The molecule has 1 aliphatic rings. The molecule has 1 atom stereocenters.